The number of carbonyl (C=O) groups is 2. The van der Waals surface area contributed by atoms with E-state index in [1.54, 1.807) is 0 Å². The summed E-state index contributed by atoms with van der Waals surface area (Å²) in [4.78, 5) is 22.2. The molecule has 180 valence electrons. The van der Waals surface area contributed by atoms with Crippen molar-refractivity contribution in [1.29, 1.82) is 0 Å². The van der Waals surface area contributed by atoms with Crippen LogP contribution in [0, 0.1) is 5.92 Å². The van der Waals surface area contributed by atoms with Crippen molar-refractivity contribution in [1.82, 2.24) is 5.32 Å². The molecule has 3 rings (SSSR count). The summed E-state index contributed by atoms with van der Waals surface area (Å²) in [6, 6.07) is 10.2. The molecule has 2 aromatic rings. The van der Waals surface area contributed by atoms with Gasteiger partial charge in [0.2, 0.25) is 20.0 Å². The van der Waals surface area contributed by atoms with Crippen molar-refractivity contribution in [3.63, 3.8) is 0 Å². The molecule has 0 spiro atoms. The lowest BCUT2D eigenvalue weighted by molar-refractivity contribution is 0.0642. The van der Waals surface area contributed by atoms with Crippen LogP contribution in [0.2, 0.25) is 0 Å². The highest BCUT2D eigenvalue weighted by Gasteiger charge is 2.16. The van der Waals surface area contributed by atoms with Crippen molar-refractivity contribution < 1.29 is 36.3 Å². The van der Waals surface area contributed by atoms with E-state index in [9.17, 15) is 26.4 Å². The molecular formula is C20H25N3O8S2. The number of nitrogens with two attached hydrogens (primary N) is 2. The third-order valence-electron chi connectivity index (χ3n) is 4.77. The fourth-order valence-electron chi connectivity index (χ4n) is 2.87. The molecule has 11 nitrogen and oxygen atoms in total. The van der Waals surface area contributed by atoms with Gasteiger partial charge in [0.1, 0.15) is 0 Å². The van der Waals surface area contributed by atoms with E-state index in [0.717, 1.165) is 38.2 Å². The van der Waals surface area contributed by atoms with Gasteiger partial charge in [-0.2, -0.15) is 0 Å². The van der Waals surface area contributed by atoms with E-state index in [-0.39, 0.29) is 21.3 Å². The predicted molar refractivity (Wildman–Crippen MR) is 118 cm³/mol. The SMILES string of the molecule is NS(=O)(=O)c1ccc(C(=O)NCC2CCOCC2)cc1.NS(=O)(=O)c1ccc(C(=O)O)cc1. The average molecular weight is 500 g/mol. The lowest BCUT2D eigenvalue weighted by Gasteiger charge is -2.22. The van der Waals surface area contributed by atoms with Crippen molar-refractivity contribution in [2.45, 2.75) is 22.6 Å². The van der Waals surface area contributed by atoms with E-state index >= 15 is 0 Å². The summed E-state index contributed by atoms with van der Waals surface area (Å²) < 4.78 is 49.0. The topological polar surface area (TPSA) is 196 Å². The highest BCUT2D eigenvalue weighted by atomic mass is 32.2. The van der Waals surface area contributed by atoms with Gasteiger partial charge in [-0.25, -0.2) is 31.9 Å². The Balaban J connectivity index is 0.000000257. The minimum Gasteiger partial charge on any atom is -0.478 e. The molecular weight excluding hydrogens is 474 g/mol. The molecule has 1 amide bonds. The number of primary sulfonamides is 2. The van der Waals surface area contributed by atoms with Crippen molar-refractivity contribution in [3.8, 4) is 0 Å². The maximum Gasteiger partial charge on any atom is 0.335 e. The summed E-state index contributed by atoms with van der Waals surface area (Å²) in [6.07, 6.45) is 1.90. The summed E-state index contributed by atoms with van der Waals surface area (Å²) in [5.41, 5.74) is 0.442. The van der Waals surface area contributed by atoms with Crippen LogP contribution in [0.5, 0.6) is 0 Å². The number of carboxylic acid groups (broad SMARTS) is 1. The van der Waals surface area contributed by atoms with Crippen LogP contribution >= 0.6 is 0 Å². The average Bonchev–Trinajstić information content (AvgIpc) is 2.77. The number of sulfonamides is 2. The molecule has 6 N–H and O–H groups in total. The third-order valence-corrected chi connectivity index (χ3v) is 6.63. The first-order chi connectivity index (χ1) is 15.4. The zero-order chi connectivity index (χ0) is 24.6. The minimum atomic E-state index is -3.74. The number of amides is 1. The number of carboxylic acids is 1. The van der Waals surface area contributed by atoms with Gasteiger partial charge < -0.3 is 15.2 Å². The maximum absolute atomic E-state index is 11.9. The number of benzene rings is 2. The molecule has 1 aliphatic heterocycles. The third kappa shape index (κ3) is 8.55. The van der Waals surface area contributed by atoms with Gasteiger partial charge in [0, 0.05) is 25.3 Å². The Morgan fingerprint density at radius 1 is 0.848 bits per heavy atom. The zero-order valence-electron chi connectivity index (χ0n) is 17.5. The van der Waals surface area contributed by atoms with E-state index in [2.05, 4.69) is 5.32 Å². The molecule has 33 heavy (non-hydrogen) atoms. The molecule has 0 unspecified atom stereocenters. The van der Waals surface area contributed by atoms with E-state index in [4.69, 9.17) is 20.1 Å². The molecule has 1 aliphatic rings. The highest BCUT2D eigenvalue weighted by Crippen LogP contribution is 2.14. The lowest BCUT2D eigenvalue weighted by Crippen LogP contribution is -2.32. The summed E-state index contributed by atoms with van der Waals surface area (Å²) >= 11 is 0. The van der Waals surface area contributed by atoms with E-state index in [1.165, 1.54) is 36.4 Å². The molecule has 2 aromatic carbocycles. The summed E-state index contributed by atoms with van der Waals surface area (Å²) in [7, 11) is -7.46. The van der Waals surface area contributed by atoms with Gasteiger partial charge in [0.05, 0.1) is 15.4 Å². The summed E-state index contributed by atoms with van der Waals surface area (Å²) in [5, 5.41) is 21.2. The molecule has 1 heterocycles. The Morgan fingerprint density at radius 2 is 1.27 bits per heavy atom. The molecule has 1 fully saturated rings. The number of carbonyl (C=O) groups excluding carboxylic acids is 1. The Labute approximate surface area is 191 Å². The smallest absolute Gasteiger partial charge is 0.335 e. The molecule has 0 aliphatic carbocycles. The number of rotatable bonds is 6. The van der Waals surface area contributed by atoms with Gasteiger partial charge in [-0.1, -0.05) is 0 Å². The summed E-state index contributed by atoms with van der Waals surface area (Å²) in [5.74, 6) is -0.880. The minimum absolute atomic E-state index is 0.00141. The molecule has 0 saturated carbocycles. The predicted octanol–water partition coefficient (Wildman–Crippen LogP) is 0.523. The van der Waals surface area contributed by atoms with E-state index in [1.807, 2.05) is 0 Å². The van der Waals surface area contributed by atoms with Crippen molar-refractivity contribution >= 4 is 31.9 Å². The van der Waals surface area contributed by atoms with Gasteiger partial charge in [-0.15, -0.1) is 0 Å². The number of nitrogens with one attached hydrogen (secondary N) is 1. The maximum atomic E-state index is 11.9. The van der Waals surface area contributed by atoms with Crippen LogP contribution in [0.3, 0.4) is 0 Å². The first-order valence-corrected chi connectivity index (χ1v) is 12.8. The monoisotopic (exact) mass is 499 g/mol. The largest absolute Gasteiger partial charge is 0.478 e. The van der Waals surface area contributed by atoms with Gasteiger partial charge in [-0.05, 0) is 67.3 Å². The molecule has 0 aromatic heterocycles. The van der Waals surface area contributed by atoms with Crippen LogP contribution < -0.4 is 15.6 Å². The number of aromatic carboxylic acids is 1. The van der Waals surface area contributed by atoms with Gasteiger partial charge >= 0.3 is 5.97 Å². The zero-order valence-corrected chi connectivity index (χ0v) is 19.1. The summed E-state index contributed by atoms with van der Waals surface area (Å²) in [6.45, 7) is 2.09. The molecule has 0 atom stereocenters. The van der Waals surface area contributed by atoms with Crippen molar-refractivity contribution in [2.75, 3.05) is 19.8 Å². The molecule has 0 bridgehead atoms. The van der Waals surface area contributed by atoms with Crippen LogP contribution in [0.1, 0.15) is 33.6 Å². The second-order valence-electron chi connectivity index (χ2n) is 7.21. The first-order valence-electron chi connectivity index (χ1n) is 9.73. The van der Waals surface area contributed by atoms with Crippen molar-refractivity contribution in [3.05, 3.63) is 59.7 Å². The van der Waals surface area contributed by atoms with Crippen LogP contribution in [0.15, 0.2) is 58.3 Å². The van der Waals surface area contributed by atoms with E-state index in [0.29, 0.717) is 18.0 Å². The molecule has 0 radical (unpaired) electrons. The standard InChI is InChI=1S/C13H18N2O4S.C7H7NO4S/c14-20(17,18)12-3-1-11(2-4-12)13(16)15-9-10-5-7-19-8-6-10;8-13(11,12)6-3-1-5(2-4-6)7(9)10/h1-4,10H,5-9H2,(H,15,16)(H2,14,17,18);1-4H,(H,9,10)(H2,8,11,12). The quantitative estimate of drug-likeness (QED) is 0.441. The Bertz CT molecular complexity index is 1170. The van der Waals surface area contributed by atoms with Crippen LogP contribution in [-0.2, 0) is 24.8 Å². The van der Waals surface area contributed by atoms with Gasteiger partial charge in [-0.3, -0.25) is 4.79 Å². The second-order valence-corrected chi connectivity index (χ2v) is 10.3. The Kier molecular flexibility index (Phi) is 9.07. The van der Waals surface area contributed by atoms with Crippen LogP contribution in [0.25, 0.3) is 0 Å². The molecule has 13 heteroatoms. The van der Waals surface area contributed by atoms with Gasteiger partial charge in [0.25, 0.3) is 5.91 Å². The first kappa shape index (κ1) is 26.4. The number of hydrogen-bond acceptors (Lipinski definition) is 7. The normalized spacial score (nSPS) is 14.6. The van der Waals surface area contributed by atoms with Crippen molar-refractivity contribution in [2.24, 2.45) is 16.2 Å². The molecule has 1 saturated heterocycles. The second kappa shape index (κ2) is 11.3. The fraction of sp³-hybridized carbons (Fsp3) is 0.300. The number of ether oxygens (including phenoxy) is 1. The van der Waals surface area contributed by atoms with Crippen LogP contribution in [-0.4, -0.2) is 53.6 Å². The fourth-order valence-corrected chi connectivity index (χ4v) is 3.90. The Hall–Kier alpha value is -2.84. The van der Waals surface area contributed by atoms with Crippen LogP contribution in [0.4, 0.5) is 0 Å². The highest BCUT2D eigenvalue weighted by molar-refractivity contribution is 7.89. The van der Waals surface area contributed by atoms with Gasteiger partial charge in [0.15, 0.2) is 0 Å². The Morgan fingerprint density at radius 3 is 1.67 bits per heavy atom. The lowest BCUT2D eigenvalue weighted by atomic mass is 10.0. The number of hydrogen-bond donors (Lipinski definition) is 4. The van der Waals surface area contributed by atoms with E-state index < -0.39 is 26.0 Å².